The molecule has 0 saturated heterocycles. The molecule has 0 spiro atoms. The van der Waals surface area contributed by atoms with Gasteiger partial charge in [0, 0.05) is 35.1 Å². The minimum Gasteiger partial charge on any atom is -0.360 e. The van der Waals surface area contributed by atoms with Crippen molar-refractivity contribution in [2.45, 2.75) is 0 Å². The lowest BCUT2D eigenvalue weighted by atomic mass is 10.2. The van der Waals surface area contributed by atoms with E-state index in [2.05, 4.69) is 16.5 Å². The summed E-state index contributed by atoms with van der Waals surface area (Å²) in [4.78, 5) is 7.15. The van der Waals surface area contributed by atoms with Gasteiger partial charge in [0.25, 0.3) is 0 Å². The Hall–Kier alpha value is -1.57. The van der Waals surface area contributed by atoms with Crippen molar-refractivity contribution >= 4 is 17.0 Å². The largest absolute Gasteiger partial charge is 0.360 e. The highest BCUT2D eigenvalue weighted by Crippen LogP contribution is 2.16. The van der Waals surface area contributed by atoms with Gasteiger partial charge in [-0.15, -0.1) is 0 Å². The molecule has 54 valence electrons. The Bertz CT molecular complexity index is 387. The molecule has 0 atom stereocenters. The number of aromatic amines is 1. The third kappa shape index (κ3) is 0.835. The molecular weight excluding hydrogens is 136 g/mol. The monoisotopic (exact) mass is 144 g/mol. The van der Waals surface area contributed by atoms with Crippen molar-refractivity contribution in [3.8, 4) is 0 Å². The topological polar surface area (TPSA) is 28.7 Å². The van der Waals surface area contributed by atoms with Crippen molar-refractivity contribution in [2.75, 3.05) is 0 Å². The first-order chi connectivity index (χ1) is 5.42. The standard InChI is InChI=1S/C9H8N2/c1-2-7-5-11-9-3-4-10-6-8(7)9/h2-6,11H,1H2. The van der Waals surface area contributed by atoms with Crippen LogP contribution in [0.4, 0.5) is 0 Å². The van der Waals surface area contributed by atoms with E-state index in [0.717, 1.165) is 16.5 Å². The molecule has 2 aromatic heterocycles. The molecule has 2 heteroatoms. The summed E-state index contributed by atoms with van der Waals surface area (Å²) in [6.45, 7) is 3.71. The van der Waals surface area contributed by atoms with Crippen LogP contribution in [0.3, 0.4) is 0 Å². The molecule has 2 rings (SSSR count). The third-order valence-corrected chi connectivity index (χ3v) is 1.74. The maximum atomic E-state index is 4.03. The smallest absolute Gasteiger partial charge is 0.0491 e. The Labute approximate surface area is 64.6 Å². The van der Waals surface area contributed by atoms with Crippen molar-refractivity contribution in [3.63, 3.8) is 0 Å². The van der Waals surface area contributed by atoms with Crippen LogP contribution in [0.1, 0.15) is 5.56 Å². The number of rotatable bonds is 1. The first-order valence-corrected chi connectivity index (χ1v) is 3.45. The molecule has 0 aromatic carbocycles. The van der Waals surface area contributed by atoms with E-state index in [4.69, 9.17) is 0 Å². The van der Waals surface area contributed by atoms with Gasteiger partial charge >= 0.3 is 0 Å². The van der Waals surface area contributed by atoms with Gasteiger partial charge < -0.3 is 4.98 Å². The Morgan fingerprint density at radius 2 is 2.45 bits per heavy atom. The zero-order valence-corrected chi connectivity index (χ0v) is 6.04. The molecule has 0 bridgehead atoms. The minimum atomic E-state index is 1.10. The van der Waals surface area contributed by atoms with Gasteiger partial charge in [-0.25, -0.2) is 0 Å². The van der Waals surface area contributed by atoms with Gasteiger partial charge in [-0.05, 0) is 6.07 Å². The molecule has 0 aliphatic rings. The lowest BCUT2D eigenvalue weighted by Gasteiger charge is -1.87. The van der Waals surface area contributed by atoms with E-state index in [0.29, 0.717) is 0 Å². The predicted molar refractivity (Wildman–Crippen MR) is 46.2 cm³/mol. The number of aromatic nitrogens is 2. The number of hydrogen-bond donors (Lipinski definition) is 1. The molecule has 0 radical (unpaired) electrons. The second-order valence-corrected chi connectivity index (χ2v) is 2.37. The molecule has 0 fully saturated rings. The van der Waals surface area contributed by atoms with Crippen LogP contribution >= 0.6 is 0 Å². The Kier molecular flexibility index (Phi) is 1.25. The first-order valence-electron chi connectivity index (χ1n) is 3.45. The third-order valence-electron chi connectivity index (χ3n) is 1.74. The summed E-state index contributed by atoms with van der Waals surface area (Å²) in [7, 11) is 0. The average molecular weight is 144 g/mol. The van der Waals surface area contributed by atoms with Crippen LogP contribution in [0.25, 0.3) is 17.0 Å². The van der Waals surface area contributed by atoms with Crippen molar-refractivity contribution in [2.24, 2.45) is 0 Å². The summed E-state index contributed by atoms with van der Waals surface area (Å²) < 4.78 is 0. The molecule has 0 amide bonds. The summed E-state index contributed by atoms with van der Waals surface area (Å²) in [5.41, 5.74) is 2.21. The van der Waals surface area contributed by atoms with E-state index in [1.807, 2.05) is 24.5 Å². The quantitative estimate of drug-likeness (QED) is 0.653. The van der Waals surface area contributed by atoms with E-state index >= 15 is 0 Å². The van der Waals surface area contributed by atoms with E-state index in [-0.39, 0.29) is 0 Å². The molecule has 11 heavy (non-hydrogen) atoms. The average Bonchev–Trinajstić information content (AvgIpc) is 2.47. The second kappa shape index (κ2) is 2.23. The van der Waals surface area contributed by atoms with Crippen LogP contribution in [-0.4, -0.2) is 9.97 Å². The van der Waals surface area contributed by atoms with Crippen molar-refractivity contribution in [1.82, 2.24) is 9.97 Å². The van der Waals surface area contributed by atoms with Gasteiger partial charge in [-0.3, -0.25) is 4.98 Å². The van der Waals surface area contributed by atoms with E-state index in [1.165, 1.54) is 0 Å². The Morgan fingerprint density at radius 3 is 3.27 bits per heavy atom. The fraction of sp³-hybridized carbons (Fsp3) is 0. The normalized spacial score (nSPS) is 10.2. The van der Waals surface area contributed by atoms with Crippen LogP contribution in [-0.2, 0) is 0 Å². The van der Waals surface area contributed by atoms with Crippen LogP contribution < -0.4 is 0 Å². The molecule has 2 aromatic rings. The molecule has 0 unspecified atom stereocenters. The van der Waals surface area contributed by atoms with Gasteiger partial charge in [0.2, 0.25) is 0 Å². The number of nitrogens with one attached hydrogen (secondary N) is 1. The van der Waals surface area contributed by atoms with E-state index in [1.54, 1.807) is 6.20 Å². The van der Waals surface area contributed by atoms with Gasteiger partial charge in [0.05, 0.1) is 0 Å². The summed E-state index contributed by atoms with van der Waals surface area (Å²) in [5, 5.41) is 1.13. The number of fused-ring (bicyclic) bond motifs is 1. The van der Waals surface area contributed by atoms with E-state index in [9.17, 15) is 0 Å². The second-order valence-electron chi connectivity index (χ2n) is 2.37. The molecule has 0 aliphatic carbocycles. The molecule has 1 N–H and O–H groups in total. The predicted octanol–water partition coefficient (Wildman–Crippen LogP) is 2.21. The Balaban J connectivity index is 2.86. The molecule has 0 aliphatic heterocycles. The number of hydrogen-bond acceptors (Lipinski definition) is 1. The highest BCUT2D eigenvalue weighted by atomic mass is 14.7. The summed E-state index contributed by atoms with van der Waals surface area (Å²) >= 11 is 0. The first kappa shape index (κ1) is 6.16. The lowest BCUT2D eigenvalue weighted by Crippen LogP contribution is -1.70. The maximum absolute atomic E-state index is 4.03. The SMILES string of the molecule is C=Cc1c[nH]c2ccncc12. The van der Waals surface area contributed by atoms with Gasteiger partial charge in [0.1, 0.15) is 0 Å². The lowest BCUT2D eigenvalue weighted by molar-refractivity contribution is 1.36. The number of pyridine rings is 1. The molecular formula is C9H8N2. The summed E-state index contributed by atoms with van der Waals surface area (Å²) in [5.74, 6) is 0. The fourth-order valence-corrected chi connectivity index (χ4v) is 1.15. The van der Waals surface area contributed by atoms with Crippen LogP contribution in [0.2, 0.25) is 0 Å². The van der Waals surface area contributed by atoms with Crippen LogP contribution in [0.15, 0.2) is 31.2 Å². The van der Waals surface area contributed by atoms with Crippen molar-refractivity contribution in [3.05, 3.63) is 36.8 Å². The minimum absolute atomic E-state index is 1.10. The fourth-order valence-electron chi connectivity index (χ4n) is 1.15. The number of nitrogens with zero attached hydrogens (tertiary/aromatic N) is 1. The maximum Gasteiger partial charge on any atom is 0.0491 e. The van der Waals surface area contributed by atoms with Crippen LogP contribution in [0.5, 0.6) is 0 Å². The highest BCUT2D eigenvalue weighted by Gasteiger charge is 1.97. The molecule has 0 saturated carbocycles. The zero-order valence-electron chi connectivity index (χ0n) is 6.04. The van der Waals surface area contributed by atoms with Gasteiger partial charge in [-0.1, -0.05) is 12.7 Å². The summed E-state index contributed by atoms with van der Waals surface area (Å²) in [6, 6.07) is 1.95. The zero-order chi connectivity index (χ0) is 7.68. The molecule has 2 nitrogen and oxygen atoms in total. The van der Waals surface area contributed by atoms with Gasteiger partial charge in [-0.2, -0.15) is 0 Å². The van der Waals surface area contributed by atoms with Gasteiger partial charge in [0.15, 0.2) is 0 Å². The van der Waals surface area contributed by atoms with Crippen molar-refractivity contribution < 1.29 is 0 Å². The van der Waals surface area contributed by atoms with Crippen LogP contribution in [0, 0.1) is 0 Å². The molecule has 2 heterocycles. The Morgan fingerprint density at radius 1 is 1.55 bits per heavy atom. The number of H-pyrrole nitrogens is 1. The summed E-state index contributed by atoms with van der Waals surface area (Å²) in [6.07, 6.45) is 7.36. The van der Waals surface area contributed by atoms with Crippen molar-refractivity contribution in [1.29, 1.82) is 0 Å². The highest BCUT2D eigenvalue weighted by molar-refractivity contribution is 5.87. The van der Waals surface area contributed by atoms with E-state index < -0.39 is 0 Å².